The van der Waals surface area contributed by atoms with E-state index in [4.69, 9.17) is 0 Å². The fourth-order valence-electron chi connectivity index (χ4n) is 2.30. The number of quaternary nitrogens is 1. The second-order valence-corrected chi connectivity index (χ2v) is 5.66. The lowest BCUT2D eigenvalue weighted by molar-refractivity contribution is -0.885. The number of amides is 1. The van der Waals surface area contributed by atoms with Crippen molar-refractivity contribution in [2.45, 2.75) is 20.4 Å². The molecule has 0 saturated carbocycles. The first-order valence-electron chi connectivity index (χ1n) is 7.27. The van der Waals surface area contributed by atoms with E-state index < -0.39 is 0 Å². The highest BCUT2D eigenvalue weighted by Crippen LogP contribution is 2.12. The van der Waals surface area contributed by atoms with Crippen LogP contribution in [0, 0.1) is 13.8 Å². The minimum atomic E-state index is 0.0499. The van der Waals surface area contributed by atoms with Crippen LogP contribution in [0.3, 0.4) is 0 Å². The smallest absolute Gasteiger partial charge is 0.279 e. The average Bonchev–Trinajstić information content (AvgIpc) is 2.44. The molecule has 2 rings (SSSR count). The molecule has 0 aromatic heterocycles. The third kappa shape index (κ3) is 4.72. The van der Waals surface area contributed by atoms with Gasteiger partial charge in [-0.2, -0.15) is 0 Å². The van der Waals surface area contributed by atoms with E-state index in [0.29, 0.717) is 6.54 Å². The summed E-state index contributed by atoms with van der Waals surface area (Å²) in [7, 11) is 2.04. The van der Waals surface area contributed by atoms with Gasteiger partial charge in [0.25, 0.3) is 5.91 Å². The number of carbonyl (C=O) groups is 1. The monoisotopic (exact) mass is 283 g/mol. The Hall–Kier alpha value is -2.13. The SMILES string of the molecule is Cc1ccc(C[NH+](C)CC(=O)Nc2ccccc2C)cc1. The summed E-state index contributed by atoms with van der Waals surface area (Å²) >= 11 is 0. The van der Waals surface area contributed by atoms with E-state index in [1.54, 1.807) is 0 Å². The number of para-hydroxylation sites is 1. The number of likely N-dealkylation sites (N-methyl/N-ethyl adjacent to an activating group) is 1. The highest BCUT2D eigenvalue weighted by Gasteiger charge is 2.11. The molecule has 0 aliphatic rings. The van der Waals surface area contributed by atoms with Crippen LogP contribution in [0.25, 0.3) is 0 Å². The van der Waals surface area contributed by atoms with Crippen LogP contribution >= 0.6 is 0 Å². The van der Waals surface area contributed by atoms with Gasteiger partial charge in [-0.25, -0.2) is 0 Å². The molecule has 2 aromatic carbocycles. The standard InChI is InChI=1S/C18H22N2O/c1-14-8-10-16(11-9-14)12-20(3)13-18(21)19-17-7-5-4-6-15(17)2/h4-11H,12-13H2,1-3H3,(H,19,21)/p+1. The summed E-state index contributed by atoms with van der Waals surface area (Å²) in [5, 5.41) is 2.98. The molecule has 21 heavy (non-hydrogen) atoms. The van der Waals surface area contributed by atoms with Gasteiger partial charge in [0.1, 0.15) is 6.54 Å². The summed E-state index contributed by atoms with van der Waals surface area (Å²) in [6, 6.07) is 16.3. The highest BCUT2D eigenvalue weighted by atomic mass is 16.2. The Kier molecular flexibility index (Phi) is 5.12. The Balaban J connectivity index is 1.87. The number of hydrogen-bond donors (Lipinski definition) is 2. The minimum absolute atomic E-state index is 0.0499. The van der Waals surface area contributed by atoms with Crippen LogP contribution in [0.4, 0.5) is 5.69 Å². The van der Waals surface area contributed by atoms with Gasteiger partial charge >= 0.3 is 0 Å². The summed E-state index contributed by atoms with van der Waals surface area (Å²) in [6.45, 7) is 5.39. The van der Waals surface area contributed by atoms with Gasteiger partial charge in [0.05, 0.1) is 7.05 Å². The van der Waals surface area contributed by atoms with Gasteiger partial charge in [0.15, 0.2) is 6.54 Å². The Morgan fingerprint density at radius 2 is 1.71 bits per heavy atom. The summed E-state index contributed by atoms with van der Waals surface area (Å²) in [5.74, 6) is 0.0499. The molecular weight excluding hydrogens is 260 g/mol. The third-order valence-corrected chi connectivity index (χ3v) is 3.51. The first kappa shape index (κ1) is 15.3. The van der Waals surface area contributed by atoms with Gasteiger partial charge in [-0.1, -0.05) is 48.0 Å². The largest absolute Gasteiger partial charge is 0.326 e. The van der Waals surface area contributed by atoms with Crippen molar-refractivity contribution >= 4 is 11.6 Å². The minimum Gasteiger partial charge on any atom is -0.326 e. The molecule has 1 amide bonds. The van der Waals surface area contributed by atoms with Gasteiger partial charge in [-0.05, 0) is 25.5 Å². The molecule has 0 aliphatic carbocycles. The normalized spacial score (nSPS) is 12.0. The van der Waals surface area contributed by atoms with Gasteiger partial charge < -0.3 is 10.2 Å². The second-order valence-electron chi connectivity index (χ2n) is 5.66. The van der Waals surface area contributed by atoms with Crippen LogP contribution < -0.4 is 10.2 Å². The van der Waals surface area contributed by atoms with Crippen LogP contribution in [-0.4, -0.2) is 19.5 Å². The van der Waals surface area contributed by atoms with Crippen molar-refractivity contribution in [3.05, 3.63) is 65.2 Å². The van der Waals surface area contributed by atoms with Crippen LogP contribution in [0.2, 0.25) is 0 Å². The van der Waals surface area contributed by atoms with Crippen molar-refractivity contribution in [2.75, 3.05) is 18.9 Å². The second kappa shape index (κ2) is 7.04. The first-order chi connectivity index (χ1) is 10.0. The third-order valence-electron chi connectivity index (χ3n) is 3.51. The maximum Gasteiger partial charge on any atom is 0.279 e. The van der Waals surface area contributed by atoms with Crippen molar-refractivity contribution in [3.63, 3.8) is 0 Å². The Labute approximate surface area is 126 Å². The summed E-state index contributed by atoms with van der Waals surface area (Å²) < 4.78 is 0. The van der Waals surface area contributed by atoms with Crippen LogP contribution in [0.15, 0.2) is 48.5 Å². The quantitative estimate of drug-likeness (QED) is 0.864. The van der Waals surface area contributed by atoms with E-state index in [0.717, 1.165) is 17.8 Å². The zero-order chi connectivity index (χ0) is 15.2. The molecule has 0 aliphatic heterocycles. The van der Waals surface area contributed by atoms with Crippen molar-refractivity contribution in [1.82, 2.24) is 0 Å². The average molecular weight is 283 g/mol. The Morgan fingerprint density at radius 1 is 1.05 bits per heavy atom. The Bertz CT molecular complexity index is 605. The van der Waals surface area contributed by atoms with E-state index in [-0.39, 0.29) is 5.91 Å². The molecule has 2 N–H and O–H groups in total. The van der Waals surface area contributed by atoms with Gasteiger partial charge in [-0.15, -0.1) is 0 Å². The van der Waals surface area contributed by atoms with Gasteiger partial charge in [-0.3, -0.25) is 4.79 Å². The highest BCUT2D eigenvalue weighted by molar-refractivity contribution is 5.92. The molecule has 0 saturated heterocycles. The van der Waals surface area contributed by atoms with Gasteiger partial charge in [0, 0.05) is 11.3 Å². The fourth-order valence-corrected chi connectivity index (χ4v) is 2.30. The van der Waals surface area contributed by atoms with E-state index in [1.165, 1.54) is 16.0 Å². The molecule has 0 radical (unpaired) electrons. The molecule has 1 unspecified atom stereocenters. The number of anilines is 1. The summed E-state index contributed by atoms with van der Waals surface area (Å²) in [5.41, 5.74) is 4.49. The molecular formula is C18H23N2O+. The van der Waals surface area contributed by atoms with Crippen molar-refractivity contribution in [3.8, 4) is 0 Å². The number of rotatable bonds is 5. The molecule has 1 atom stereocenters. The van der Waals surface area contributed by atoms with Crippen molar-refractivity contribution < 1.29 is 9.69 Å². The number of benzene rings is 2. The molecule has 0 bridgehead atoms. The number of carbonyl (C=O) groups excluding carboxylic acids is 1. The Morgan fingerprint density at radius 3 is 2.38 bits per heavy atom. The fraction of sp³-hybridized carbons (Fsp3) is 0.278. The van der Waals surface area contributed by atoms with Crippen LogP contribution in [0.1, 0.15) is 16.7 Å². The predicted octanol–water partition coefficient (Wildman–Crippen LogP) is 1.96. The molecule has 0 spiro atoms. The molecule has 110 valence electrons. The maximum atomic E-state index is 12.1. The van der Waals surface area contributed by atoms with E-state index >= 15 is 0 Å². The lowest BCUT2D eigenvalue weighted by Gasteiger charge is -2.14. The van der Waals surface area contributed by atoms with E-state index in [2.05, 4.69) is 36.5 Å². The molecule has 3 heteroatoms. The summed E-state index contributed by atoms with van der Waals surface area (Å²) in [6.07, 6.45) is 0. The maximum absolute atomic E-state index is 12.1. The number of nitrogens with one attached hydrogen (secondary N) is 2. The van der Waals surface area contributed by atoms with Crippen molar-refractivity contribution in [1.29, 1.82) is 0 Å². The van der Waals surface area contributed by atoms with Crippen LogP contribution in [-0.2, 0) is 11.3 Å². The number of aryl methyl sites for hydroxylation is 2. The van der Waals surface area contributed by atoms with Crippen molar-refractivity contribution in [2.24, 2.45) is 0 Å². The predicted molar refractivity (Wildman–Crippen MR) is 86.4 cm³/mol. The number of hydrogen-bond acceptors (Lipinski definition) is 1. The lowest BCUT2D eigenvalue weighted by atomic mass is 10.1. The zero-order valence-electron chi connectivity index (χ0n) is 12.9. The van der Waals surface area contributed by atoms with E-state index in [1.807, 2.05) is 38.2 Å². The zero-order valence-corrected chi connectivity index (χ0v) is 12.9. The lowest BCUT2D eigenvalue weighted by Crippen LogP contribution is -3.08. The molecule has 0 fully saturated rings. The molecule has 2 aromatic rings. The van der Waals surface area contributed by atoms with Crippen LogP contribution in [0.5, 0.6) is 0 Å². The molecule has 0 heterocycles. The first-order valence-corrected chi connectivity index (χ1v) is 7.27. The summed E-state index contributed by atoms with van der Waals surface area (Å²) in [4.78, 5) is 13.3. The van der Waals surface area contributed by atoms with Gasteiger partial charge in [0.2, 0.25) is 0 Å². The topological polar surface area (TPSA) is 33.5 Å². The molecule has 3 nitrogen and oxygen atoms in total. The van der Waals surface area contributed by atoms with E-state index in [9.17, 15) is 4.79 Å².